The molecule has 142 valence electrons. The van der Waals surface area contributed by atoms with Gasteiger partial charge in [0.15, 0.2) is 0 Å². The van der Waals surface area contributed by atoms with Gasteiger partial charge in [-0.15, -0.1) is 10.2 Å². The van der Waals surface area contributed by atoms with Gasteiger partial charge in [-0.25, -0.2) is 4.39 Å². The van der Waals surface area contributed by atoms with Gasteiger partial charge < -0.3 is 5.32 Å². The average molecular weight is 371 g/mol. The number of fused-ring (bicyclic) bond motifs is 1. The molecule has 0 aliphatic rings. The van der Waals surface area contributed by atoms with Crippen molar-refractivity contribution in [3.63, 3.8) is 0 Å². The Bertz CT molecular complexity index is 1010. The van der Waals surface area contributed by atoms with E-state index in [1.54, 1.807) is 22.9 Å². The van der Waals surface area contributed by atoms with Crippen molar-refractivity contribution in [1.82, 2.24) is 24.5 Å². The van der Waals surface area contributed by atoms with E-state index in [4.69, 9.17) is 0 Å². The zero-order valence-corrected chi connectivity index (χ0v) is 15.4. The minimum absolute atomic E-state index is 0.0551. The summed E-state index contributed by atoms with van der Waals surface area (Å²) >= 11 is 0. The number of carbonyl (C=O) groups excluding carboxylic acids is 1. The topological polar surface area (TPSA) is 81.3 Å². The van der Waals surface area contributed by atoms with Crippen LogP contribution in [0, 0.1) is 11.7 Å². The zero-order valence-electron chi connectivity index (χ0n) is 15.4. The molecule has 0 aliphatic carbocycles. The Morgan fingerprint density at radius 2 is 2.07 bits per heavy atom. The second-order valence-corrected chi connectivity index (χ2v) is 6.80. The fourth-order valence-corrected chi connectivity index (χ4v) is 2.75. The second-order valence-electron chi connectivity index (χ2n) is 6.80. The van der Waals surface area contributed by atoms with Crippen molar-refractivity contribution in [2.24, 2.45) is 5.92 Å². The molecule has 1 amide bonds. The highest BCUT2D eigenvalue weighted by atomic mass is 19.1. The first kappa shape index (κ1) is 18.8. The maximum absolute atomic E-state index is 13.4. The molecule has 2 aromatic heterocycles. The van der Waals surface area contributed by atoms with E-state index in [1.165, 1.54) is 22.8 Å². The van der Waals surface area contributed by atoms with Crippen LogP contribution in [-0.4, -0.2) is 31.6 Å². The van der Waals surface area contributed by atoms with E-state index < -0.39 is 11.4 Å². The lowest BCUT2D eigenvalue weighted by atomic mass is 10.1. The van der Waals surface area contributed by atoms with Crippen LogP contribution in [0.15, 0.2) is 41.5 Å². The van der Waals surface area contributed by atoms with Gasteiger partial charge in [0.2, 0.25) is 11.6 Å². The van der Waals surface area contributed by atoms with Crippen LogP contribution < -0.4 is 10.9 Å². The molecule has 0 aliphatic heterocycles. The number of amides is 1. The number of halogens is 1. The van der Waals surface area contributed by atoms with E-state index in [2.05, 4.69) is 29.4 Å². The van der Waals surface area contributed by atoms with E-state index in [9.17, 15) is 14.0 Å². The quantitative estimate of drug-likeness (QED) is 0.690. The molecule has 0 unspecified atom stereocenters. The van der Waals surface area contributed by atoms with Gasteiger partial charge in [0.25, 0.3) is 0 Å². The Morgan fingerprint density at radius 3 is 2.81 bits per heavy atom. The first-order chi connectivity index (χ1) is 13.0. The van der Waals surface area contributed by atoms with Crippen LogP contribution in [-0.2, 0) is 11.2 Å². The van der Waals surface area contributed by atoms with E-state index >= 15 is 0 Å². The average Bonchev–Trinajstić information content (AvgIpc) is 3.04. The highest BCUT2D eigenvalue weighted by Crippen LogP contribution is 2.09. The summed E-state index contributed by atoms with van der Waals surface area (Å²) in [5.74, 6) is 0.587. The van der Waals surface area contributed by atoms with Crippen molar-refractivity contribution >= 4 is 11.6 Å². The molecule has 7 nitrogen and oxygen atoms in total. The van der Waals surface area contributed by atoms with Gasteiger partial charge >= 0.3 is 5.56 Å². The summed E-state index contributed by atoms with van der Waals surface area (Å²) in [4.78, 5) is 24.6. The third kappa shape index (κ3) is 4.39. The van der Waals surface area contributed by atoms with Crippen LogP contribution in [0.2, 0.25) is 0 Å². The molecule has 0 radical (unpaired) electrons. The van der Waals surface area contributed by atoms with E-state index in [1.807, 2.05) is 0 Å². The number of hydrogen-bond donors (Lipinski definition) is 1. The number of nitrogens with zero attached hydrogens (tertiary/aromatic N) is 4. The minimum Gasteiger partial charge on any atom is -0.356 e. The van der Waals surface area contributed by atoms with Crippen LogP contribution in [0.25, 0.3) is 11.3 Å². The number of nitrogens with one attached hydrogen (secondary N) is 1. The van der Waals surface area contributed by atoms with Gasteiger partial charge in [0.05, 0.1) is 5.69 Å². The summed E-state index contributed by atoms with van der Waals surface area (Å²) < 4.78 is 16.3. The van der Waals surface area contributed by atoms with Crippen molar-refractivity contribution in [2.75, 3.05) is 6.54 Å². The predicted octanol–water partition coefficient (Wildman–Crippen LogP) is 2.11. The Hall–Kier alpha value is -3.03. The van der Waals surface area contributed by atoms with Gasteiger partial charge in [-0.05, 0) is 30.5 Å². The molecular formula is C19H22FN5O2. The third-order valence-corrected chi connectivity index (χ3v) is 4.25. The Balaban J connectivity index is 1.75. The van der Waals surface area contributed by atoms with Crippen LogP contribution in [0.5, 0.6) is 0 Å². The zero-order chi connectivity index (χ0) is 19.4. The summed E-state index contributed by atoms with van der Waals surface area (Å²) in [7, 11) is 0. The van der Waals surface area contributed by atoms with Gasteiger partial charge in [-0.3, -0.25) is 18.6 Å². The van der Waals surface area contributed by atoms with Crippen molar-refractivity contribution in [3.8, 4) is 5.69 Å². The molecule has 8 heteroatoms. The number of benzene rings is 1. The van der Waals surface area contributed by atoms with Crippen molar-refractivity contribution in [1.29, 1.82) is 0 Å². The highest BCUT2D eigenvalue weighted by Gasteiger charge is 2.13. The van der Waals surface area contributed by atoms with E-state index in [-0.39, 0.29) is 18.0 Å². The molecule has 0 spiro atoms. The Kier molecular flexibility index (Phi) is 5.63. The fourth-order valence-electron chi connectivity index (χ4n) is 2.75. The molecule has 1 aromatic carbocycles. The summed E-state index contributed by atoms with van der Waals surface area (Å²) in [5.41, 5.74) is 0.150. The van der Waals surface area contributed by atoms with Crippen molar-refractivity contribution in [2.45, 2.75) is 33.1 Å². The number of carbonyl (C=O) groups is 1. The Labute approximate surface area is 155 Å². The smallest absolute Gasteiger partial charge is 0.300 e. The maximum Gasteiger partial charge on any atom is 0.300 e. The van der Waals surface area contributed by atoms with Gasteiger partial charge in [-0.1, -0.05) is 19.9 Å². The molecule has 3 rings (SSSR count). The second kappa shape index (κ2) is 8.11. The number of hydrogen-bond acceptors (Lipinski definition) is 4. The van der Waals surface area contributed by atoms with Gasteiger partial charge in [-0.2, -0.15) is 0 Å². The SMILES string of the molecule is CC(C)CCNC(=O)CCc1nnc2c(=O)n(-c3cccc(F)c3)ccn12. The first-order valence-electron chi connectivity index (χ1n) is 8.93. The number of rotatable bonds is 7. The predicted molar refractivity (Wildman–Crippen MR) is 99.3 cm³/mol. The molecule has 1 N–H and O–H groups in total. The molecular weight excluding hydrogens is 349 g/mol. The van der Waals surface area contributed by atoms with Gasteiger partial charge in [0.1, 0.15) is 11.6 Å². The Morgan fingerprint density at radius 1 is 1.26 bits per heavy atom. The molecule has 3 aromatic rings. The summed E-state index contributed by atoms with van der Waals surface area (Å²) in [6.45, 7) is 4.85. The first-order valence-corrected chi connectivity index (χ1v) is 8.93. The molecule has 27 heavy (non-hydrogen) atoms. The third-order valence-electron chi connectivity index (χ3n) is 4.25. The standard InChI is InChI=1S/C19H22FN5O2/c1-13(2)8-9-21-17(26)7-6-16-22-23-18-19(27)24(10-11-25(16)18)15-5-3-4-14(20)12-15/h3-5,10-13H,6-9H2,1-2H3,(H,21,26). The van der Waals surface area contributed by atoms with E-state index in [0.29, 0.717) is 30.4 Å². The van der Waals surface area contributed by atoms with Crippen molar-refractivity contribution in [3.05, 3.63) is 58.7 Å². The lowest BCUT2D eigenvalue weighted by Gasteiger charge is -2.07. The molecule has 2 heterocycles. The van der Waals surface area contributed by atoms with Crippen LogP contribution in [0.3, 0.4) is 0 Å². The molecule has 0 bridgehead atoms. The largest absolute Gasteiger partial charge is 0.356 e. The summed E-state index contributed by atoms with van der Waals surface area (Å²) in [6.07, 6.45) is 4.76. The molecule has 0 saturated heterocycles. The summed E-state index contributed by atoms with van der Waals surface area (Å²) in [6, 6.07) is 5.76. The monoisotopic (exact) mass is 371 g/mol. The normalized spacial score (nSPS) is 11.3. The maximum atomic E-state index is 13.4. The van der Waals surface area contributed by atoms with Crippen LogP contribution in [0.1, 0.15) is 32.5 Å². The molecule has 0 saturated carbocycles. The fraction of sp³-hybridized carbons (Fsp3) is 0.368. The van der Waals surface area contributed by atoms with Crippen molar-refractivity contribution < 1.29 is 9.18 Å². The number of aryl methyl sites for hydroxylation is 1. The lowest BCUT2D eigenvalue weighted by molar-refractivity contribution is -0.121. The molecule has 0 atom stereocenters. The van der Waals surface area contributed by atoms with E-state index in [0.717, 1.165) is 6.42 Å². The van der Waals surface area contributed by atoms with Gasteiger partial charge in [0, 0.05) is 31.8 Å². The number of aromatic nitrogens is 4. The summed E-state index contributed by atoms with van der Waals surface area (Å²) in [5, 5.41) is 10.9. The van der Waals surface area contributed by atoms with Crippen LogP contribution >= 0.6 is 0 Å². The highest BCUT2D eigenvalue weighted by molar-refractivity contribution is 5.76. The molecule has 0 fully saturated rings. The van der Waals surface area contributed by atoms with Crippen LogP contribution in [0.4, 0.5) is 4.39 Å². The minimum atomic E-state index is -0.426. The lowest BCUT2D eigenvalue weighted by Crippen LogP contribution is -2.25.